The van der Waals surface area contributed by atoms with Gasteiger partial charge in [0.05, 0.1) is 28.9 Å². The number of rotatable bonds is 24. The maximum atomic E-state index is 13.0. The van der Waals surface area contributed by atoms with Crippen LogP contribution in [0.2, 0.25) is 5.02 Å². The van der Waals surface area contributed by atoms with Crippen molar-refractivity contribution >= 4 is 29.1 Å². The molecule has 0 aliphatic heterocycles. The Kier molecular flexibility index (Phi) is 21.6. The molecular weight excluding hydrogens is 799 g/mol. The van der Waals surface area contributed by atoms with Crippen LogP contribution in [-0.2, 0) is 15.7 Å². The number of para-hydroxylation sites is 2. The average Bonchev–Trinajstić information content (AvgIpc) is 3.23. The minimum absolute atomic E-state index is 0.0232. The third kappa shape index (κ3) is 17.4. The van der Waals surface area contributed by atoms with Crippen LogP contribution in [0.5, 0.6) is 17.2 Å². The normalized spacial score (nSPS) is 12.2. The molecule has 322 valence electrons. The van der Waals surface area contributed by atoms with E-state index in [1.807, 2.05) is 18.2 Å². The summed E-state index contributed by atoms with van der Waals surface area (Å²) in [4.78, 5) is 47.5. The second kappa shape index (κ2) is 26.6. The van der Waals surface area contributed by atoms with Crippen molar-refractivity contribution < 1.29 is 46.7 Å². The predicted octanol–water partition coefficient (Wildman–Crippen LogP) is 13.1. The molecule has 0 saturated carbocycles. The number of hydrogen-bond donors (Lipinski definition) is 0. The highest BCUT2D eigenvalue weighted by atomic mass is 35.5. The SMILES string of the molecule is CCCCCCCC/C=C\CCCC(CCC(C(=O)OCC)[N+](=O)[O-])Oc1ccc(C(F)(F)F)cc1Cl.O=C(C(=O)c1ccccc1Oc1ccccc1)c1ccccc1. The number of esters is 1. The van der Waals surface area contributed by atoms with E-state index in [-0.39, 0.29) is 35.8 Å². The molecule has 4 aromatic carbocycles. The summed E-state index contributed by atoms with van der Waals surface area (Å²) < 4.78 is 55.3. The maximum Gasteiger partial charge on any atom is 0.416 e. The molecule has 9 nitrogen and oxygen atoms in total. The number of ketones is 2. The summed E-state index contributed by atoms with van der Waals surface area (Å²) in [5.41, 5.74) is -0.273. The molecule has 2 atom stereocenters. The zero-order valence-corrected chi connectivity index (χ0v) is 34.8. The minimum atomic E-state index is -4.54. The summed E-state index contributed by atoms with van der Waals surface area (Å²) in [6.45, 7) is 3.78. The number of ether oxygens (including phenoxy) is 3. The summed E-state index contributed by atoms with van der Waals surface area (Å²) in [6, 6.07) is 25.7. The van der Waals surface area contributed by atoms with E-state index >= 15 is 0 Å². The van der Waals surface area contributed by atoms with Gasteiger partial charge in [-0.1, -0.05) is 123 Å². The van der Waals surface area contributed by atoms with Gasteiger partial charge in [0, 0.05) is 16.9 Å². The average molecular weight is 852 g/mol. The van der Waals surface area contributed by atoms with Crippen molar-refractivity contribution in [2.75, 3.05) is 6.61 Å². The third-order valence-electron chi connectivity index (χ3n) is 9.26. The molecule has 4 aromatic rings. The van der Waals surface area contributed by atoms with Crippen LogP contribution < -0.4 is 9.47 Å². The fourth-order valence-electron chi connectivity index (χ4n) is 6.05. The number of Topliss-reactive ketones (excluding diaryl/α,β-unsaturated/α-hetero) is 2. The van der Waals surface area contributed by atoms with Crippen LogP contribution >= 0.6 is 11.6 Å². The molecule has 0 aromatic heterocycles. The fraction of sp³-hybridized carbons (Fsp3) is 0.383. The first-order valence-corrected chi connectivity index (χ1v) is 20.7. The molecular formula is C47H53ClF3NO8. The van der Waals surface area contributed by atoms with Crippen LogP contribution in [-0.4, -0.2) is 41.2 Å². The van der Waals surface area contributed by atoms with Gasteiger partial charge in [-0.3, -0.25) is 19.7 Å². The van der Waals surface area contributed by atoms with Gasteiger partial charge in [-0.25, -0.2) is 4.79 Å². The van der Waals surface area contributed by atoms with E-state index in [0.29, 0.717) is 29.9 Å². The summed E-state index contributed by atoms with van der Waals surface area (Å²) in [6.07, 6.45) is 9.52. The smallest absolute Gasteiger partial charge is 0.416 e. The van der Waals surface area contributed by atoms with E-state index in [4.69, 9.17) is 25.8 Å². The Morgan fingerprint density at radius 3 is 1.98 bits per heavy atom. The number of carbonyl (C=O) groups is 3. The van der Waals surface area contributed by atoms with Gasteiger partial charge in [0.2, 0.25) is 11.6 Å². The maximum absolute atomic E-state index is 13.0. The highest BCUT2D eigenvalue weighted by Gasteiger charge is 2.33. The highest BCUT2D eigenvalue weighted by molar-refractivity contribution is 6.49. The summed E-state index contributed by atoms with van der Waals surface area (Å²) in [7, 11) is 0. The molecule has 0 aliphatic carbocycles. The number of carbonyl (C=O) groups excluding carboxylic acids is 3. The van der Waals surface area contributed by atoms with Crippen LogP contribution in [0.4, 0.5) is 13.2 Å². The Labute approximate surface area is 355 Å². The first-order valence-electron chi connectivity index (χ1n) is 20.3. The standard InChI is InChI=1S/C27H39ClF3NO5.C20H14O3/c1-3-5-6-7-8-9-10-11-12-13-14-15-22(17-18-24(32(34)35)26(33)36-4-2)37-25-19-16-21(20-23(25)28)27(29,30)31;21-19(15-9-3-1-4-10-15)20(22)17-13-7-8-14-18(17)23-16-11-5-2-6-12-16/h11-12,16,19-20,22,24H,3-10,13-15,17-18H2,1-2H3;1-14H/b12-11-;. The molecule has 0 spiro atoms. The third-order valence-corrected chi connectivity index (χ3v) is 9.56. The number of halogens is 4. The lowest BCUT2D eigenvalue weighted by Crippen LogP contribution is -2.33. The Balaban J connectivity index is 0.000000354. The van der Waals surface area contributed by atoms with Crippen LogP contribution in [0.3, 0.4) is 0 Å². The number of allylic oxidation sites excluding steroid dienone is 2. The number of hydrogen-bond acceptors (Lipinski definition) is 8. The molecule has 60 heavy (non-hydrogen) atoms. The largest absolute Gasteiger partial charge is 0.489 e. The van der Waals surface area contributed by atoms with Crippen LogP contribution in [0.15, 0.2) is 115 Å². The van der Waals surface area contributed by atoms with Crippen LogP contribution in [0.1, 0.15) is 117 Å². The predicted molar refractivity (Wildman–Crippen MR) is 227 cm³/mol. The molecule has 0 heterocycles. The fourth-order valence-corrected chi connectivity index (χ4v) is 6.27. The van der Waals surface area contributed by atoms with E-state index < -0.39 is 46.3 Å². The van der Waals surface area contributed by atoms with Crippen molar-refractivity contribution in [3.8, 4) is 17.2 Å². The lowest BCUT2D eigenvalue weighted by Gasteiger charge is -2.21. The Hall–Kier alpha value is -5.49. The molecule has 13 heteroatoms. The van der Waals surface area contributed by atoms with Gasteiger partial charge < -0.3 is 14.2 Å². The van der Waals surface area contributed by atoms with Gasteiger partial charge in [0.25, 0.3) is 0 Å². The molecule has 0 amide bonds. The molecule has 0 fully saturated rings. The van der Waals surface area contributed by atoms with E-state index in [9.17, 15) is 37.7 Å². The number of unbranched alkanes of at least 4 members (excludes halogenated alkanes) is 7. The zero-order valence-electron chi connectivity index (χ0n) is 34.0. The Morgan fingerprint density at radius 2 is 1.35 bits per heavy atom. The van der Waals surface area contributed by atoms with E-state index in [1.54, 1.807) is 73.7 Å². The second-order valence-corrected chi connectivity index (χ2v) is 14.3. The van der Waals surface area contributed by atoms with E-state index in [1.165, 1.54) is 32.1 Å². The summed E-state index contributed by atoms with van der Waals surface area (Å²) in [5.74, 6) is -1.01. The van der Waals surface area contributed by atoms with Gasteiger partial charge >= 0.3 is 18.2 Å². The van der Waals surface area contributed by atoms with Gasteiger partial charge in [0.1, 0.15) is 17.2 Å². The highest BCUT2D eigenvalue weighted by Crippen LogP contribution is 2.36. The molecule has 0 radical (unpaired) electrons. The molecule has 2 unspecified atom stereocenters. The monoisotopic (exact) mass is 851 g/mol. The summed E-state index contributed by atoms with van der Waals surface area (Å²) in [5, 5.41) is 11.2. The van der Waals surface area contributed by atoms with Crippen LogP contribution in [0.25, 0.3) is 0 Å². The van der Waals surface area contributed by atoms with Gasteiger partial charge in [0.15, 0.2) is 0 Å². The Morgan fingerprint density at radius 1 is 0.733 bits per heavy atom. The molecule has 0 aliphatic rings. The lowest BCUT2D eigenvalue weighted by molar-refractivity contribution is -0.511. The summed E-state index contributed by atoms with van der Waals surface area (Å²) >= 11 is 6.04. The van der Waals surface area contributed by atoms with Crippen molar-refractivity contribution in [3.63, 3.8) is 0 Å². The zero-order chi connectivity index (χ0) is 43.8. The Bertz CT molecular complexity index is 1960. The quantitative estimate of drug-likeness (QED) is 0.0130. The second-order valence-electron chi connectivity index (χ2n) is 13.9. The van der Waals surface area contributed by atoms with Gasteiger partial charge in [-0.2, -0.15) is 13.2 Å². The first kappa shape index (κ1) is 48.9. The molecule has 4 rings (SSSR count). The van der Waals surface area contributed by atoms with Crippen molar-refractivity contribution in [2.24, 2.45) is 0 Å². The minimum Gasteiger partial charge on any atom is -0.489 e. The number of benzene rings is 4. The van der Waals surface area contributed by atoms with Crippen molar-refractivity contribution in [1.82, 2.24) is 0 Å². The number of alkyl halides is 3. The number of nitro groups is 1. The van der Waals surface area contributed by atoms with Gasteiger partial charge in [-0.05, 0) is 87.9 Å². The van der Waals surface area contributed by atoms with Gasteiger partial charge in [-0.15, -0.1) is 0 Å². The van der Waals surface area contributed by atoms with E-state index in [0.717, 1.165) is 37.5 Å². The molecule has 0 saturated heterocycles. The van der Waals surface area contributed by atoms with Crippen molar-refractivity contribution in [3.05, 3.63) is 147 Å². The lowest BCUT2D eigenvalue weighted by atomic mass is 10.0. The van der Waals surface area contributed by atoms with E-state index in [2.05, 4.69) is 19.1 Å². The van der Waals surface area contributed by atoms with Crippen molar-refractivity contribution in [2.45, 2.75) is 109 Å². The van der Waals surface area contributed by atoms with Crippen LogP contribution in [0, 0.1) is 10.1 Å². The van der Waals surface area contributed by atoms with Crippen molar-refractivity contribution in [1.29, 1.82) is 0 Å². The molecule has 0 bridgehead atoms. The first-order chi connectivity index (χ1) is 28.8. The number of nitrogens with zero attached hydrogens (tertiary/aromatic N) is 1. The molecule has 0 N–H and O–H groups in total. The topological polar surface area (TPSA) is 122 Å².